The van der Waals surface area contributed by atoms with Gasteiger partial charge in [-0.15, -0.1) is 0 Å². The molecule has 1 aliphatic carbocycles. The summed E-state index contributed by atoms with van der Waals surface area (Å²) in [5.74, 6) is 1.64. The van der Waals surface area contributed by atoms with Crippen LogP contribution in [0.25, 0.3) is 0 Å². The summed E-state index contributed by atoms with van der Waals surface area (Å²) in [6, 6.07) is 9.08. The molecule has 3 atom stereocenters. The van der Waals surface area contributed by atoms with Crippen molar-refractivity contribution < 1.29 is 0 Å². The highest BCUT2D eigenvalue weighted by molar-refractivity contribution is 7.78. The summed E-state index contributed by atoms with van der Waals surface area (Å²) in [7, 11) is 0. The molecule has 21 heavy (non-hydrogen) atoms. The van der Waals surface area contributed by atoms with Gasteiger partial charge in [0.25, 0.3) is 0 Å². The second kappa shape index (κ2) is 11.7. The Balaban J connectivity index is 0.000000354. The molecule has 3 unspecified atom stereocenters. The molecule has 0 bridgehead atoms. The fourth-order valence-electron chi connectivity index (χ4n) is 2.71. The summed E-state index contributed by atoms with van der Waals surface area (Å²) in [6.07, 6.45) is 4.03. The number of nitrogens with one attached hydrogen (secondary N) is 1. The van der Waals surface area contributed by atoms with Gasteiger partial charge in [-0.05, 0) is 32.1 Å². The minimum atomic E-state index is 0.635. The zero-order chi connectivity index (χ0) is 16.3. The molecule has 1 N–H and O–H groups in total. The molecule has 1 aromatic rings. The van der Waals surface area contributed by atoms with Crippen molar-refractivity contribution in [3.63, 3.8) is 0 Å². The van der Waals surface area contributed by atoms with Crippen molar-refractivity contribution >= 4 is 17.7 Å². The number of rotatable bonds is 2. The van der Waals surface area contributed by atoms with E-state index in [1.54, 1.807) is 5.49 Å². The molecular weight excluding hydrogens is 274 g/mol. The highest BCUT2D eigenvalue weighted by Gasteiger charge is 2.25. The number of hydrogen-bond acceptors (Lipinski definition) is 1. The van der Waals surface area contributed by atoms with E-state index in [-0.39, 0.29) is 0 Å². The Hall–Kier alpha value is -0.890. The van der Waals surface area contributed by atoms with Gasteiger partial charge in [-0.25, -0.2) is 0 Å². The van der Waals surface area contributed by atoms with E-state index in [1.165, 1.54) is 30.4 Å². The molecule has 0 aliphatic heterocycles. The van der Waals surface area contributed by atoms with E-state index in [9.17, 15) is 0 Å². The first-order chi connectivity index (χ1) is 10.0. The lowest BCUT2D eigenvalue weighted by Crippen LogP contribution is -2.39. The third kappa shape index (κ3) is 8.21. The van der Waals surface area contributed by atoms with Gasteiger partial charge >= 0.3 is 0 Å². The Bertz CT molecular complexity index is 372. The number of aryl methyl sites for hydroxylation is 2. The predicted octanol–water partition coefficient (Wildman–Crippen LogP) is 5.69. The van der Waals surface area contributed by atoms with Crippen molar-refractivity contribution in [1.29, 1.82) is 0 Å². The van der Waals surface area contributed by atoms with E-state index < -0.39 is 0 Å². The topological polar surface area (TPSA) is 12.0 Å². The molecule has 1 fully saturated rings. The molecule has 1 aromatic carbocycles. The number of thiocarbonyl (C=S) groups is 1. The summed E-state index contributed by atoms with van der Waals surface area (Å²) in [5, 5.41) is 3.25. The normalized spacial score (nSPS) is 23.8. The standard InChI is InChI=1S/C9H17NS.C8H10.C2H6/c1-7-4-3-5-9(8(7)2)10-6-11;1-7-4-3-5-8(2)6-7;1-2/h6-9H,3-5H2,1-2H3,(H,10,11);3-6H,1-2H3;1-2H3. The molecule has 2 rings (SSSR count). The largest absolute Gasteiger partial charge is 0.379 e. The highest BCUT2D eigenvalue weighted by Crippen LogP contribution is 2.29. The quantitative estimate of drug-likeness (QED) is 0.705. The first-order valence-corrected chi connectivity index (χ1v) is 8.74. The van der Waals surface area contributed by atoms with Gasteiger partial charge in [-0.2, -0.15) is 0 Å². The molecule has 0 radical (unpaired) electrons. The first kappa shape index (κ1) is 20.1. The van der Waals surface area contributed by atoms with Gasteiger partial charge in [0.05, 0.1) is 5.49 Å². The SMILES string of the molecule is CC.CC1CCCC(NC=S)C1C.Cc1cccc(C)c1. The predicted molar refractivity (Wildman–Crippen MR) is 100 cm³/mol. The molecular formula is C19H33NS. The van der Waals surface area contributed by atoms with Gasteiger partial charge in [-0.3, -0.25) is 0 Å². The van der Waals surface area contributed by atoms with Crippen LogP contribution in [0.15, 0.2) is 24.3 Å². The molecule has 0 spiro atoms. The van der Waals surface area contributed by atoms with Crippen molar-refractivity contribution in [2.24, 2.45) is 11.8 Å². The molecule has 0 heterocycles. The Morgan fingerprint density at radius 3 is 2.10 bits per heavy atom. The minimum absolute atomic E-state index is 0.635. The average molecular weight is 308 g/mol. The van der Waals surface area contributed by atoms with Crippen molar-refractivity contribution in [2.45, 2.75) is 66.8 Å². The summed E-state index contributed by atoms with van der Waals surface area (Å²) < 4.78 is 0. The van der Waals surface area contributed by atoms with Crippen LogP contribution in [-0.4, -0.2) is 11.5 Å². The van der Waals surface area contributed by atoms with Crippen molar-refractivity contribution in [3.05, 3.63) is 35.4 Å². The average Bonchev–Trinajstić information content (AvgIpc) is 2.47. The maximum absolute atomic E-state index is 4.79. The van der Waals surface area contributed by atoms with Crippen LogP contribution in [0, 0.1) is 25.7 Å². The van der Waals surface area contributed by atoms with Crippen LogP contribution in [0.5, 0.6) is 0 Å². The van der Waals surface area contributed by atoms with Crippen LogP contribution in [0.4, 0.5) is 0 Å². The van der Waals surface area contributed by atoms with Crippen molar-refractivity contribution in [3.8, 4) is 0 Å². The van der Waals surface area contributed by atoms with Crippen LogP contribution in [0.1, 0.15) is 58.1 Å². The molecule has 1 saturated carbocycles. The van der Waals surface area contributed by atoms with E-state index in [2.05, 4.69) is 57.3 Å². The van der Waals surface area contributed by atoms with Crippen LogP contribution < -0.4 is 5.32 Å². The van der Waals surface area contributed by atoms with Crippen LogP contribution >= 0.6 is 12.2 Å². The molecule has 1 aliphatic rings. The van der Waals surface area contributed by atoms with Crippen LogP contribution in [-0.2, 0) is 0 Å². The van der Waals surface area contributed by atoms with Gasteiger partial charge in [0.1, 0.15) is 0 Å². The van der Waals surface area contributed by atoms with E-state index >= 15 is 0 Å². The fraction of sp³-hybridized carbons (Fsp3) is 0.632. The minimum Gasteiger partial charge on any atom is -0.379 e. The van der Waals surface area contributed by atoms with E-state index in [0.717, 1.165) is 11.8 Å². The first-order valence-electron chi connectivity index (χ1n) is 8.27. The Morgan fingerprint density at radius 2 is 1.67 bits per heavy atom. The van der Waals surface area contributed by atoms with Gasteiger partial charge in [0.15, 0.2) is 0 Å². The van der Waals surface area contributed by atoms with Gasteiger partial charge in [-0.1, -0.05) is 88.1 Å². The molecule has 2 heteroatoms. The van der Waals surface area contributed by atoms with E-state index in [4.69, 9.17) is 12.2 Å². The third-order valence-corrected chi connectivity index (χ3v) is 4.30. The molecule has 0 saturated heterocycles. The lowest BCUT2D eigenvalue weighted by atomic mass is 9.78. The highest BCUT2D eigenvalue weighted by atomic mass is 32.1. The van der Waals surface area contributed by atoms with Gasteiger partial charge in [0.2, 0.25) is 0 Å². The van der Waals surface area contributed by atoms with E-state index in [0.29, 0.717) is 6.04 Å². The molecule has 0 amide bonds. The summed E-state index contributed by atoms with van der Waals surface area (Å²) in [5.41, 5.74) is 4.34. The summed E-state index contributed by atoms with van der Waals surface area (Å²) in [4.78, 5) is 0. The Labute approximate surface area is 137 Å². The lowest BCUT2D eigenvalue weighted by molar-refractivity contribution is 0.226. The molecule has 0 aromatic heterocycles. The summed E-state index contributed by atoms with van der Waals surface area (Å²) in [6.45, 7) is 12.9. The third-order valence-electron chi connectivity index (χ3n) is 4.16. The van der Waals surface area contributed by atoms with E-state index in [1.807, 2.05) is 13.8 Å². The lowest BCUT2D eigenvalue weighted by Gasteiger charge is -2.33. The number of benzene rings is 1. The van der Waals surface area contributed by atoms with Crippen LogP contribution in [0.2, 0.25) is 0 Å². The van der Waals surface area contributed by atoms with Crippen molar-refractivity contribution in [1.82, 2.24) is 5.32 Å². The van der Waals surface area contributed by atoms with Gasteiger partial charge < -0.3 is 5.32 Å². The second-order valence-corrected chi connectivity index (χ2v) is 6.05. The monoisotopic (exact) mass is 307 g/mol. The maximum atomic E-state index is 4.79. The Morgan fingerprint density at radius 1 is 1.10 bits per heavy atom. The Kier molecular flexibility index (Phi) is 11.2. The summed E-state index contributed by atoms with van der Waals surface area (Å²) >= 11 is 4.79. The van der Waals surface area contributed by atoms with Crippen molar-refractivity contribution in [2.75, 3.05) is 0 Å². The van der Waals surface area contributed by atoms with Crippen LogP contribution in [0.3, 0.4) is 0 Å². The fourth-order valence-corrected chi connectivity index (χ4v) is 2.89. The molecule has 120 valence electrons. The zero-order valence-corrected chi connectivity index (χ0v) is 15.5. The second-order valence-electron chi connectivity index (χ2n) is 5.82. The number of hydrogen-bond donors (Lipinski definition) is 1. The maximum Gasteiger partial charge on any atom is 0.0617 e. The van der Waals surface area contributed by atoms with Gasteiger partial charge in [0, 0.05) is 6.04 Å². The molecule has 1 nitrogen and oxygen atoms in total. The smallest absolute Gasteiger partial charge is 0.0617 e. The zero-order valence-electron chi connectivity index (χ0n) is 14.6.